The molecular formula is C18H26N2O4. The number of carbonyl (C=O) groups excluding carboxylic acids is 1. The predicted molar refractivity (Wildman–Crippen MR) is 91.2 cm³/mol. The van der Waals surface area contributed by atoms with Gasteiger partial charge in [0, 0.05) is 18.7 Å². The Balaban J connectivity index is 1.69. The highest BCUT2D eigenvalue weighted by Gasteiger charge is 2.26. The molecule has 0 unspecified atom stereocenters. The Kier molecular flexibility index (Phi) is 5.45. The molecule has 1 N–H and O–H groups in total. The molecule has 1 fully saturated rings. The number of nitrogens with zero attached hydrogens (tertiary/aromatic N) is 1. The molecule has 0 atom stereocenters. The lowest BCUT2D eigenvalue weighted by molar-refractivity contribution is 0.0685. The van der Waals surface area contributed by atoms with Crippen LogP contribution in [-0.4, -0.2) is 57.8 Å². The summed E-state index contributed by atoms with van der Waals surface area (Å²) >= 11 is 0. The Bertz CT molecular complexity index is 565. The highest BCUT2D eigenvalue weighted by molar-refractivity contribution is 5.95. The van der Waals surface area contributed by atoms with Crippen molar-refractivity contribution in [2.45, 2.75) is 19.3 Å². The van der Waals surface area contributed by atoms with Gasteiger partial charge in [-0.3, -0.25) is 4.79 Å². The topological polar surface area (TPSA) is 60.0 Å². The van der Waals surface area contributed by atoms with Crippen molar-refractivity contribution in [2.75, 3.05) is 47.0 Å². The van der Waals surface area contributed by atoms with Gasteiger partial charge in [-0.25, -0.2) is 0 Å². The first kappa shape index (κ1) is 16.9. The van der Waals surface area contributed by atoms with Gasteiger partial charge in [0.05, 0.1) is 7.11 Å². The number of hydrogen-bond acceptors (Lipinski definition) is 5. The molecule has 0 bridgehead atoms. The zero-order valence-electron chi connectivity index (χ0n) is 14.5. The number of ether oxygens (including phenoxy) is 3. The van der Waals surface area contributed by atoms with Crippen LogP contribution in [0, 0.1) is 5.92 Å². The number of hydrogen-bond donors (Lipinski definition) is 1. The zero-order valence-corrected chi connectivity index (χ0v) is 14.5. The molecular weight excluding hydrogens is 308 g/mol. The minimum atomic E-state index is 0.0392. The molecule has 0 aromatic heterocycles. The van der Waals surface area contributed by atoms with Gasteiger partial charge in [0.25, 0.3) is 5.91 Å². The number of carbonyl (C=O) groups is 1. The Morgan fingerprint density at radius 1 is 1.29 bits per heavy atom. The Labute approximate surface area is 143 Å². The quantitative estimate of drug-likeness (QED) is 0.891. The van der Waals surface area contributed by atoms with E-state index in [0.29, 0.717) is 41.9 Å². The van der Waals surface area contributed by atoms with Crippen molar-refractivity contribution in [1.82, 2.24) is 10.2 Å². The molecule has 1 aromatic rings. The van der Waals surface area contributed by atoms with Crippen LogP contribution in [0.2, 0.25) is 0 Å². The minimum absolute atomic E-state index is 0.0392. The van der Waals surface area contributed by atoms with Gasteiger partial charge < -0.3 is 24.4 Å². The van der Waals surface area contributed by atoms with E-state index in [1.165, 1.54) is 6.42 Å². The van der Waals surface area contributed by atoms with E-state index in [2.05, 4.69) is 5.32 Å². The molecule has 0 aliphatic carbocycles. The van der Waals surface area contributed by atoms with E-state index in [4.69, 9.17) is 14.2 Å². The molecule has 1 amide bonds. The molecule has 1 saturated heterocycles. The molecule has 132 valence electrons. The lowest BCUT2D eigenvalue weighted by Gasteiger charge is -2.32. The van der Waals surface area contributed by atoms with E-state index in [1.54, 1.807) is 19.2 Å². The third-order valence-corrected chi connectivity index (χ3v) is 4.78. The van der Waals surface area contributed by atoms with Crippen molar-refractivity contribution in [3.05, 3.63) is 17.7 Å². The molecule has 2 aliphatic heterocycles. The van der Waals surface area contributed by atoms with Gasteiger partial charge in [-0.2, -0.15) is 0 Å². The maximum absolute atomic E-state index is 12.8. The zero-order chi connectivity index (χ0) is 16.9. The fourth-order valence-corrected chi connectivity index (χ4v) is 3.35. The minimum Gasteiger partial charge on any atom is -0.493 e. The molecule has 1 aromatic carbocycles. The maximum Gasteiger partial charge on any atom is 0.254 e. The molecule has 0 saturated carbocycles. The van der Waals surface area contributed by atoms with Gasteiger partial charge >= 0.3 is 0 Å². The van der Waals surface area contributed by atoms with Crippen molar-refractivity contribution in [3.8, 4) is 17.2 Å². The Hall–Kier alpha value is -1.95. The summed E-state index contributed by atoms with van der Waals surface area (Å²) in [6.45, 7) is 3.65. The largest absolute Gasteiger partial charge is 0.493 e. The van der Waals surface area contributed by atoms with E-state index < -0.39 is 0 Å². The first-order valence-electron chi connectivity index (χ1n) is 8.64. The van der Waals surface area contributed by atoms with Crippen molar-refractivity contribution in [2.24, 2.45) is 5.92 Å². The lowest BCUT2D eigenvalue weighted by atomic mass is 9.93. The molecule has 6 nitrogen and oxygen atoms in total. The molecule has 0 spiro atoms. The lowest BCUT2D eigenvalue weighted by Crippen LogP contribution is -2.39. The second-order valence-electron chi connectivity index (χ2n) is 6.33. The van der Waals surface area contributed by atoms with E-state index in [1.807, 2.05) is 11.9 Å². The van der Waals surface area contributed by atoms with Gasteiger partial charge in [-0.1, -0.05) is 0 Å². The molecule has 2 aliphatic rings. The Morgan fingerprint density at radius 3 is 2.75 bits per heavy atom. The van der Waals surface area contributed by atoms with Gasteiger partial charge in [-0.15, -0.1) is 0 Å². The van der Waals surface area contributed by atoms with Gasteiger partial charge in [-0.05, 0) is 50.9 Å². The summed E-state index contributed by atoms with van der Waals surface area (Å²) in [5, 5.41) is 3.20. The van der Waals surface area contributed by atoms with E-state index in [-0.39, 0.29) is 5.91 Å². The fourth-order valence-electron chi connectivity index (χ4n) is 3.35. The standard InChI is InChI=1S/C18H26N2O4/c1-19-6-3-13-4-7-20(8-5-13)18(21)14-11-15(22-2)17-16(12-14)23-9-10-24-17/h11-13,19H,3-10H2,1-2H3. The van der Waals surface area contributed by atoms with Crippen molar-refractivity contribution in [1.29, 1.82) is 0 Å². The summed E-state index contributed by atoms with van der Waals surface area (Å²) in [5.74, 6) is 2.48. The fraction of sp³-hybridized carbons (Fsp3) is 0.611. The summed E-state index contributed by atoms with van der Waals surface area (Å²) < 4.78 is 16.6. The first-order valence-corrected chi connectivity index (χ1v) is 8.64. The van der Waals surface area contributed by atoms with Crippen LogP contribution in [0.25, 0.3) is 0 Å². The number of methoxy groups -OCH3 is 1. The smallest absolute Gasteiger partial charge is 0.254 e. The number of likely N-dealkylation sites (tertiary alicyclic amines) is 1. The van der Waals surface area contributed by atoms with Crippen molar-refractivity contribution < 1.29 is 19.0 Å². The number of nitrogens with one attached hydrogen (secondary N) is 1. The number of amides is 1. The Morgan fingerprint density at radius 2 is 2.04 bits per heavy atom. The normalized spacial score (nSPS) is 17.7. The number of fused-ring (bicyclic) bond motifs is 1. The van der Waals surface area contributed by atoms with Crippen LogP contribution in [0.4, 0.5) is 0 Å². The second kappa shape index (κ2) is 7.75. The van der Waals surface area contributed by atoms with E-state index >= 15 is 0 Å². The van der Waals surface area contributed by atoms with E-state index in [9.17, 15) is 4.79 Å². The number of piperidine rings is 1. The summed E-state index contributed by atoms with van der Waals surface area (Å²) in [6.07, 6.45) is 3.31. The molecule has 24 heavy (non-hydrogen) atoms. The summed E-state index contributed by atoms with van der Waals surface area (Å²) in [7, 11) is 3.56. The van der Waals surface area contributed by atoms with E-state index in [0.717, 1.165) is 32.5 Å². The summed E-state index contributed by atoms with van der Waals surface area (Å²) in [4.78, 5) is 14.8. The molecule has 6 heteroatoms. The van der Waals surface area contributed by atoms with Gasteiger partial charge in [0.2, 0.25) is 5.75 Å². The van der Waals surface area contributed by atoms with Gasteiger partial charge in [0.15, 0.2) is 11.5 Å². The second-order valence-corrected chi connectivity index (χ2v) is 6.33. The average molecular weight is 334 g/mol. The monoisotopic (exact) mass is 334 g/mol. The van der Waals surface area contributed by atoms with Crippen molar-refractivity contribution in [3.63, 3.8) is 0 Å². The van der Waals surface area contributed by atoms with Crippen LogP contribution in [0.3, 0.4) is 0 Å². The molecule has 2 heterocycles. The average Bonchev–Trinajstić information content (AvgIpc) is 2.65. The SMILES string of the molecule is CNCCC1CCN(C(=O)c2cc(OC)c3c(c2)OCCO3)CC1. The highest BCUT2D eigenvalue weighted by Crippen LogP contribution is 2.40. The van der Waals surface area contributed by atoms with Gasteiger partial charge in [0.1, 0.15) is 13.2 Å². The van der Waals surface area contributed by atoms with Crippen molar-refractivity contribution >= 4 is 5.91 Å². The van der Waals surface area contributed by atoms with Crippen LogP contribution in [0.5, 0.6) is 17.2 Å². The maximum atomic E-state index is 12.8. The van der Waals surface area contributed by atoms with Crippen LogP contribution in [-0.2, 0) is 0 Å². The number of rotatable bonds is 5. The summed E-state index contributed by atoms with van der Waals surface area (Å²) in [5.41, 5.74) is 0.602. The third-order valence-electron chi connectivity index (χ3n) is 4.78. The third kappa shape index (κ3) is 3.59. The first-order chi connectivity index (χ1) is 11.7. The van der Waals surface area contributed by atoms with Crippen LogP contribution >= 0.6 is 0 Å². The van der Waals surface area contributed by atoms with Crippen LogP contribution < -0.4 is 19.5 Å². The summed E-state index contributed by atoms with van der Waals surface area (Å²) in [6, 6.07) is 3.52. The van der Waals surface area contributed by atoms with Crippen LogP contribution in [0.15, 0.2) is 12.1 Å². The predicted octanol–water partition coefficient (Wildman–Crippen LogP) is 1.93. The highest BCUT2D eigenvalue weighted by atomic mass is 16.6. The van der Waals surface area contributed by atoms with Crippen LogP contribution in [0.1, 0.15) is 29.6 Å². The molecule has 0 radical (unpaired) electrons. The number of benzene rings is 1. The molecule has 3 rings (SSSR count).